The van der Waals surface area contributed by atoms with Gasteiger partial charge in [-0.25, -0.2) is 0 Å². The van der Waals surface area contributed by atoms with Gasteiger partial charge in [0, 0.05) is 32.3 Å². The number of hydrogen-bond acceptors (Lipinski definition) is 2. The molecule has 0 unspecified atom stereocenters. The van der Waals surface area contributed by atoms with Gasteiger partial charge >= 0.3 is 11.9 Å². The van der Waals surface area contributed by atoms with Crippen molar-refractivity contribution in [3.63, 3.8) is 0 Å². The van der Waals surface area contributed by atoms with E-state index in [-0.39, 0.29) is 19.5 Å². The van der Waals surface area contributed by atoms with E-state index in [0.29, 0.717) is 12.8 Å². The van der Waals surface area contributed by atoms with E-state index in [1.54, 1.807) is 0 Å². The first-order valence-electron chi connectivity index (χ1n) is 12.2. The van der Waals surface area contributed by atoms with Crippen molar-refractivity contribution in [3.8, 4) is 0 Å². The van der Waals surface area contributed by atoms with Gasteiger partial charge in [0.05, 0.1) is 0 Å². The number of carboxylic acids is 2. The van der Waals surface area contributed by atoms with E-state index in [9.17, 15) is 9.59 Å². The fraction of sp³-hybridized carbons (Fsp3) is 0.769. The Hall–Kier alpha value is -0.957. The number of carbonyl (C=O) groups is 2. The Morgan fingerprint density at radius 3 is 1.03 bits per heavy atom. The first-order chi connectivity index (χ1) is 14.5. The molecule has 0 amide bonds. The molecule has 4 nitrogen and oxygen atoms in total. The molecule has 0 aliphatic heterocycles. The summed E-state index contributed by atoms with van der Waals surface area (Å²) in [6, 6.07) is 0. The van der Waals surface area contributed by atoms with Gasteiger partial charge in [-0.05, 0) is 52.4 Å². The van der Waals surface area contributed by atoms with E-state index in [4.69, 9.17) is 10.2 Å². The summed E-state index contributed by atoms with van der Waals surface area (Å²) < 4.78 is 0. The van der Waals surface area contributed by atoms with Crippen LogP contribution in [0.15, 0.2) is 24.3 Å². The predicted molar refractivity (Wildman–Crippen MR) is 128 cm³/mol. The molecule has 2 N–H and O–H groups in total. The molecule has 0 aromatic rings. The van der Waals surface area contributed by atoms with Crippen molar-refractivity contribution in [2.45, 2.75) is 129 Å². The van der Waals surface area contributed by atoms with Crippen molar-refractivity contribution in [2.24, 2.45) is 0 Å². The predicted octanol–water partition coefficient (Wildman–Crippen LogP) is 8.31. The maximum absolute atomic E-state index is 10.2. The fourth-order valence-corrected chi connectivity index (χ4v) is 3.18. The molecular weight excluding hydrogens is 442 g/mol. The van der Waals surface area contributed by atoms with E-state index in [0.717, 1.165) is 25.7 Å². The summed E-state index contributed by atoms with van der Waals surface area (Å²) in [5, 5.41) is 16.9. The van der Waals surface area contributed by atoms with Crippen LogP contribution in [0.4, 0.5) is 0 Å². The molecule has 5 heteroatoms. The van der Waals surface area contributed by atoms with Gasteiger partial charge in [-0.15, -0.1) is 0 Å². The third-order valence-electron chi connectivity index (χ3n) is 4.99. The molecule has 178 valence electrons. The maximum Gasteiger partial charge on any atom is 0.303 e. The normalized spacial score (nSPS) is 10.6. The number of carboxylic acid groups (broad SMARTS) is 2. The molecule has 0 spiro atoms. The van der Waals surface area contributed by atoms with Crippen LogP contribution >= 0.6 is 0 Å². The standard InChI is InChI=1S/2C13H24O2.Zn/c2*1-2-3-4-5-6-7-8-9-10-11-12-13(14)15;/h2*2-3H,4-12H2,1H3,(H,14,15);. The van der Waals surface area contributed by atoms with Gasteiger partial charge in [0.15, 0.2) is 0 Å². The topological polar surface area (TPSA) is 74.6 Å². The zero-order valence-electron chi connectivity index (χ0n) is 20.5. The molecule has 0 bridgehead atoms. The minimum Gasteiger partial charge on any atom is -0.481 e. The number of unbranched alkanes of at least 4 members (excludes halogenated alkanes) is 14. The van der Waals surface area contributed by atoms with Crippen LogP contribution < -0.4 is 0 Å². The van der Waals surface area contributed by atoms with E-state index in [1.165, 1.54) is 77.0 Å². The van der Waals surface area contributed by atoms with Crippen LogP contribution in [0.1, 0.15) is 129 Å². The van der Waals surface area contributed by atoms with Crippen molar-refractivity contribution in [1.82, 2.24) is 0 Å². The van der Waals surface area contributed by atoms with Crippen molar-refractivity contribution in [1.29, 1.82) is 0 Å². The first-order valence-corrected chi connectivity index (χ1v) is 12.2. The second kappa shape index (κ2) is 31.2. The molecule has 0 saturated heterocycles. The van der Waals surface area contributed by atoms with E-state index >= 15 is 0 Å². The van der Waals surface area contributed by atoms with Gasteiger partial charge < -0.3 is 10.2 Å². The molecule has 0 rings (SSSR count). The Bertz CT molecular complexity index is 393. The number of aliphatic carboxylic acids is 2. The van der Waals surface area contributed by atoms with Crippen molar-refractivity contribution in [2.75, 3.05) is 0 Å². The third-order valence-corrected chi connectivity index (χ3v) is 4.99. The second-order valence-corrected chi connectivity index (χ2v) is 7.95. The summed E-state index contributed by atoms with van der Waals surface area (Å²) >= 11 is 0. The molecule has 0 saturated carbocycles. The smallest absolute Gasteiger partial charge is 0.303 e. The van der Waals surface area contributed by atoms with E-state index in [1.807, 2.05) is 0 Å². The average Bonchev–Trinajstić information content (AvgIpc) is 2.71. The van der Waals surface area contributed by atoms with Crippen LogP contribution in [0.3, 0.4) is 0 Å². The van der Waals surface area contributed by atoms with Gasteiger partial charge in [0.2, 0.25) is 0 Å². The summed E-state index contributed by atoms with van der Waals surface area (Å²) in [7, 11) is 0. The number of hydrogen-bond donors (Lipinski definition) is 2. The van der Waals surface area contributed by atoms with Crippen molar-refractivity contribution >= 4 is 11.9 Å². The molecule has 31 heavy (non-hydrogen) atoms. The summed E-state index contributed by atoms with van der Waals surface area (Å²) in [6.07, 6.45) is 28.2. The zero-order valence-corrected chi connectivity index (χ0v) is 23.4. The molecule has 0 heterocycles. The third kappa shape index (κ3) is 40.0. The second-order valence-electron chi connectivity index (χ2n) is 7.95. The number of rotatable bonds is 20. The van der Waals surface area contributed by atoms with Crippen LogP contribution in [0.5, 0.6) is 0 Å². The Balaban J connectivity index is -0.000000490. The number of allylic oxidation sites excluding steroid dienone is 4. The van der Waals surface area contributed by atoms with Crippen molar-refractivity contribution in [3.05, 3.63) is 24.3 Å². The molecule has 0 aromatic carbocycles. The Kier molecular flexibility index (Phi) is 34.9. The Morgan fingerprint density at radius 1 is 0.516 bits per heavy atom. The minimum absolute atomic E-state index is 0. The van der Waals surface area contributed by atoms with Gasteiger partial charge in [-0.2, -0.15) is 0 Å². The van der Waals surface area contributed by atoms with Gasteiger partial charge in [0.1, 0.15) is 0 Å². The van der Waals surface area contributed by atoms with Crippen LogP contribution in [-0.4, -0.2) is 22.2 Å². The van der Waals surface area contributed by atoms with Crippen molar-refractivity contribution < 1.29 is 39.3 Å². The Morgan fingerprint density at radius 2 is 0.774 bits per heavy atom. The van der Waals surface area contributed by atoms with Crippen LogP contribution in [0.25, 0.3) is 0 Å². The summed E-state index contributed by atoms with van der Waals surface area (Å²) in [5.41, 5.74) is 0. The van der Waals surface area contributed by atoms with Crippen LogP contribution in [-0.2, 0) is 29.1 Å². The largest absolute Gasteiger partial charge is 0.481 e. The molecule has 0 radical (unpaired) electrons. The molecule has 0 aliphatic rings. The van der Waals surface area contributed by atoms with Gasteiger partial charge in [0.25, 0.3) is 0 Å². The minimum atomic E-state index is -0.665. The Labute approximate surface area is 204 Å². The first kappa shape index (κ1) is 34.7. The zero-order chi connectivity index (χ0) is 22.7. The van der Waals surface area contributed by atoms with E-state index in [2.05, 4.69) is 38.2 Å². The van der Waals surface area contributed by atoms with Crippen LogP contribution in [0.2, 0.25) is 0 Å². The summed E-state index contributed by atoms with van der Waals surface area (Å²) in [4.78, 5) is 20.5. The molecule has 0 aromatic heterocycles. The van der Waals surface area contributed by atoms with Gasteiger partial charge in [-0.1, -0.05) is 88.5 Å². The average molecular weight is 490 g/mol. The quantitative estimate of drug-likeness (QED) is 0.102. The summed E-state index contributed by atoms with van der Waals surface area (Å²) in [5.74, 6) is -1.33. The SMILES string of the molecule is CC=CCCCCCCCCCC(=O)O.CC=CCCCCCCCCCC(=O)O.[Zn]. The fourth-order valence-electron chi connectivity index (χ4n) is 3.18. The van der Waals surface area contributed by atoms with E-state index < -0.39 is 11.9 Å². The summed E-state index contributed by atoms with van der Waals surface area (Å²) in [6.45, 7) is 4.12. The van der Waals surface area contributed by atoms with Crippen LogP contribution in [0, 0.1) is 0 Å². The van der Waals surface area contributed by atoms with Gasteiger partial charge in [-0.3, -0.25) is 9.59 Å². The monoisotopic (exact) mass is 488 g/mol. The molecular formula is C26H48O4Zn. The molecule has 0 fully saturated rings. The maximum atomic E-state index is 10.2. The molecule has 0 aliphatic carbocycles. The molecule has 0 atom stereocenters.